The monoisotopic (exact) mass is 320 g/mol. The van der Waals surface area contributed by atoms with Crippen LogP contribution in [0.4, 0.5) is 0 Å². The minimum atomic E-state index is -0.0894. The maximum absolute atomic E-state index is 13.1. The highest BCUT2D eigenvalue weighted by Gasteiger charge is 2.36. The van der Waals surface area contributed by atoms with Gasteiger partial charge in [-0.25, -0.2) is 4.98 Å². The van der Waals surface area contributed by atoms with E-state index in [9.17, 15) is 4.79 Å². The number of carbonyl (C=O) groups is 1. The van der Waals surface area contributed by atoms with Crippen molar-refractivity contribution in [1.29, 1.82) is 0 Å². The van der Waals surface area contributed by atoms with Gasteiger partial charge in [-0.2, -0.15) is 0 Å². The molecule has 2 aliphatic heterocycles. The second-order valence-corrected chi connectivity index (χ2v) is 6.22. The van der Waals surface area contributed by atoms with E-state index in [0.29, 0.717) is 50.3 Å². The van der Waals surface area contributed by atoms with Crippen LogP contribution >= 0.6 is 0 Å². The van der Waals surface area contributed by atoms with E-state index in [1.165, 1.54) is 0 Å². The molecule has 2 bridgehead atoms. The van der Waals surface area contributed by atoms with Crippen molar-refractivity contribution in [1.82, 2.24) is 14.8 Å². The Balaban J connectivity index is 1.85. The van der Waals surface area contributed by atoms with Gasteiger partial charge < -0.3 is 25.0 Å². The molecule has 3 rings (SSSR count). The van der Waals surface area contributed by atoms with Gasteiger partial charge in [0.05, 0.1) is 19.3 Å². The first-order valence-electron chi connectivity index (χ1n) is 8.04. The molecule has 1 aromatic rings. The van der Waals surface area contributed by atoms with Gasteiger partial charge in [0.1, 0.15) is 6.61 Å². The van der Waals surface area contributed by atoms with Gasteiger partial charge in [0.15, 0.2) is 11.4 Å². The van der Waals surface area contributed by atoms with Crippen molar-refractivity contribution < 1.29 is 14.3 Å². The second kappa shape index (κ2) is 7.25. The molecule has 23 heavy (non-hydrogen) atoms. The molecule has 2 atom stereocenters. The molecule has 2 aliphatic rings. The van der Waals surface area contributed by atoms with Gasteiger partial charge in [-0.1, -0.05) is 0 Å². The normalized spacial score (nSPS) is 25.0. The summed E-state index contributed by atoms with van der Waals surface area (Å²) in [6.45, 7) is 4.48. The van der Waals surface area contributed by atoms with Gasteiger partial charge in [0, 0.05) is 38.3 Å². The van der Waals surface area contributed by atoms with E-state index >= 15 is 0 Å². The van der Waals surface area contributed by atoms with Crippen molar-refractivity contribution in [2.45, 2.75) is 6.04 Å². The molecule has 0 radical (unpaired) electrons. The molecule has 7 nitrogen and oxygen atoms in total. The summed E-state index contributed by atoms with van der Waals surface area (Å²) in [6, 6.07) is 3.58. The Morgan fingerprint density at radius 2 is 2.30 bits per heavy atom. The number of hydrogen-bond donors (Lipinski definition) is 1. The van der Waals surface area contributed by atoms with E-state index in [0.717, 1.165) is 13.1 Å². The van der Waals surface area contributed by atoms with Crippen LogP contribution in [0, 0.1) is 5.92 Å². The van der Waals surface area contributed by atoms with Crippen LogP contribution in [-0.4, -0.2) is 79.8 Å². The molecular weight excluding hydrogens is 296 g/mol. The molecule has 3 heterocycles. The van der Waals surface area contributed by atoms with E-state index in [1.54, 1.807) is 18.3 Å². The van der Waals surface area contributed by atoms with Crippen molar-refractivity contribution in [3.8, 4) is 5.75 Å². The number of aromatic nitrogens is 1. The molecule has 0 aliphatic carbocycles. The maximum Gasteiger partial charge on any atom is 0.276 e. The number of carbonyl (C=O) groups excluding carboxylic acids is 1. The fraction of sp³-hybridized carbons (Fsp3) is 0.625. The smallest absolute Gasteiger partial charge is 0.276 e. The summed E-state index contributed by atoms with van der Waals surface area (Å²) in [4.78, 5) is 21.5. The summed E-state index contributed by atoms with van der Waals surface area (Å²) in [5, 5.41) is 0. The average Bonchev–Trinajstić information content (AvgIpc) is 2.82. The molecule has 2 N–H and O–H groups in total. The predicted octanol–water partition coefficient (Wildman–Crippen LogP) is -0.178. The van der Waals surface area contributed by atoms with Gasteiger partial charge in [0.25, 0.3) is 5.91 Å². The number of amides is 1. The number of pyridine rings is 1. The standard InChI is InChI=1S/C16H24N4O3/c1-19-7-12-8-20(13(9-19)11-22-10-12)16(21)15-14(23-6-4-17)3-2-5-18-15/h2-3,5,12-13H,4,6-11,17H2,1H3/t12-,13-/m0/s1. The van der Waals surface area contributed by atoms with E-state index in [1.807, 2.05) is 4.90 Å². The molecule has 7 heteroatoms. The van der Waals surface area contributed by atoms with Gasteiger partial charge in [-0.3, -0.25) is 4.79 Å². The van der Waals surface area contributed by atoms with Crippen molar-refractivity contribution in [2.75, 3.05) is 53.0 Å². The lowest BCUT2D eigenvalue weighted by molar-refractivity contribution is 0.0478. The highest BCUT2D eigenvalue weighted by molar-refractivity contribution is 5.95. The molecule has 1 aromatic heterocycles. The molecule has 0 unspecified atom stereocenters. The molecule has 2 saturated heterocycles. The highest BCUT2D eigenvalue weighted by atomic mass is 16.5. The van der Waals surface area contributed by atoms with Crippen LogP contribution in [0.25, 0.3) is 0 Å². The molecule has 126 valence electrons. The minimum absolute atomic E-state index is 0.0457. The Morgan fingerprint density at radius 1 is 1.43 bits per heavy atom. The summed E-state index contributed by atoms with van der Waals surface area (Å²) in [5.74, 6) is 0.734. The highest BCUT2D eigenvalue weighted by Crippen LogP contribution is 2.24. The third-order valence-corrected chi connectivity index (χ3v) is 4.26. The first kappa shape index (κ1) is 16.2. The Hall–Kier alpha value is -1.70. The van der Waals surface area contributed by atoms with E-state index in [-0.39, 0.29) is 11.9 Å². The van der Waals surface area contributed by atoms with Crippen LogP contribution in [0.5, 0.6) is 5.75 Å². The van der Waals surface area contributed by atoms with Crippen molar-refractivity contribution in [3.63, 3.8) is 0 Å². The molecule has 0 spiro atoms. The Bertz CT molecular complexity index is 554. The Kier molecular flexibility index (Phi) is 5.09. The number of hydrogen-bond acceptors (Lipinski definition) is 6. The number of nitrogens with zero attached hydrogens (tertiary/aromatic N) is 3. The summed E-state index contributed by atoms with van der Waals surface area (Å²) in [5.41, 5.74) is 5.85. The summed E-state index contributed by atoms with van der Waals surface area (Å²) < 4.78 is 11.3. The molecule has 0 saturated carbocycles. The maximum atomic E-state index is 13.1. The number of fused-ring (bicyclic) bond motifs is 3. The van der Waals surface area contributed by atoms with Crippen LogP contribution in [0.1, 0.15) is 10.5 Å². The van der Waals surface area contributed by atoms with Gasteiger partial charge in [-0.15, -0.1) is 0 Å². The zero-order chi connectivity index (χ0) is 16.2. The number of rotatable bonds is 4. The van der Waals surface area contributed by atoms with Gasteiger partial charge in [0.2, 0.25) is 0 Å². The lowest BCUT2D eigenvalue weighted by Gasteiger charge is -2.29. The number of nitrogens with two attached hydrogens (primary N) is 1. The number of ether oxygens (including phenoxy) is 2. The largest absolute Gasteiger partial charge is 0.490 e. The first-order valence-corrected chi connectivity index (χ1v) is 8.04. The summed E-state index contributed by atoms with van der Waals surface area (Å²) in [6.07, 6.45) is 1.62. The second-order valence-electron chi connectivity index (χ2n) is 6.22. The van der Waals surface area contributed by atoms with E-state index in [4.69, 9.17) is 15.2 Å². The lowest BCUT2D eigenvalue weighted by Crippen LogP contribution is -2.46. The Morgan fingerprint density at radius 3 is 3.13 bits per heavy atom. The van der Waals surface area contributed by atoms with E-state index < -0.39 is 0 Å². The molecular formula is C16H24N4O3. The lowest BCUT2D eigenvalue weighted by atomic mass is 10.1. The molecule has 0 aromatic carbocycles. The first-order chi connectivity index (χ1) is 11.2. The summed E-state index contributed by atoms with van der Waals surface area (Å²) in [7, 11) is 2.09. The van der Waals surface area contributed by atoms with Crippen LogP contribution in [0.3, 0.4) is 0 Å². The quantitative estimate of drug-likeness (QED) is 0.829. The summed E-state index contributed by atoms with van der Waals surface area (Å²) >= 11 is 0. The third-order valence-electron chi connectivity index (χ3n) is 4.26. The van der Waals surface area contributed by atoms with Crippen LogP contribution in [0.15, 0.2) is 18.3 Å². The van der Waals surface area contributed by atoms with Crippen molar-refractivity contribution in [3.05, 3.63) is 24.0 Å². The fourth-order valence-corrected chi connectivity index (χ4v) is 3.30. The van der Waals surface area contributed by atoms with Gasteiger partial charge >= 0.3 is 0 Å². The average molecular weight is 320 g/mol. The fourth-order valence-electron chi connectivity index (χ4n) is 3.30. The topological polar surface area (TPSA) is 80.9 Å². The van der Waals surface area contributed by atoms with Crippen LogP contribution < -0.4 is 10.5 Å². The van der Waals surface area contributed by atoms with Crippen molar-refractivity contribution in [2.24, 2.45) is 11.7 Å². The number of likely N-dealkylation sites (N-methyl/N-ethyl adjacent to an activating group) is 1. The zero-order valence-electron chi connectivity index (χ0n) is 13.5. The van der Waals surface area contributed by atoms with Crippen molar-refractivity contribution >= 4 is 5.91 Å². The minimum Gasteiger partial charge on any atom is -0.490 e. The predicted molar refractivity (Wildman–Crippen MR) is 85.4 cm³/mol. The Labute approximate surface area is 136 Å². The van der Waals surface area contributed by atoms with Crippen LogP contribution in [-0.2, 0) is 4.74 Å². The van der Waals surface area contributed by atoms with Gasteiger partial charge in [-0.05, 0) is 19.2 Å². The molecule has 2 fully saturated rings. The molecule has 1 amide bonds. The zero-order valence-corrected chi connectivity index (χ0v) is 13.5. The SMILES string of the molecule is CN1C[C@@H]2COC[C@H](C1)N(C(=O)c1ncccc1OCCN)C2. The van der Waals surface area contributed by atoms with E-state index in [2.05, 4.69) is 16.9 Å². The van der Waals surface area contributed by atoms with Crippen LogP contribution in [0.2, 0.25) is 0 Å². The third kappa shape index (κ3) is 3.63.